The van der Waals surface area contributed by atoms with Gasteiger partial charge in [0, 0.05) is 16.6 Å². The van der Waals surface area contributed by atoms with Gasteiger partial charge in [-0.3, -0.25) is 4.79 Å². The number of carbonyl (C=O) groups excluding carboxylic acids is 1. The molecule has 4 heteroatoms. The van der Waals surface area contributed by atoms with Crippen molar-refractivity contribution in [3.63, 3.8) is 0 Å². The third-order valence-corrected chi connectivity index (χ3v) is 2.62. The van der Waals surface area contributed by atoms with Crippen LogP contribution in [0.5, 0.6) is 0 Å². The van der Waals surface area contributed by atoms with E-state index in [2.05, 4.69) is 21.2 Å². The second-order valence-electron chi connectivity index (χ2n) is 4.45. The van der Waals surface area contributed by atoms with Crippen LogP contribution in [0.15, 0.2) is 22.7 Å². The lowest BCUT2D eigenvalue weighted by Gasteiger charge is -2.18. The Balaban J connectivity index is 2.77. The average molecular weight is 286 g/mol. The van der Waals surface area contributed by atoms with Crippen molar-refractivity contribution >= 4 is 21.8 Å². The summed E-state index contributed by atoms with van der Waals surface area (Å²) in [7, 11) is 0. The summed E-state index contributed by atoms with van der Waals surface area (Å²) in [6.45, 7) is 5.42. The van der Waals surface area contributed by atoms with Gasteiger partial charge in [-0.25, -0.2) is 0 Å². The Morgan fingerprint density at radius 3 is 2.69 bits per heavy atom. The maximum Gasteiger partial charge on any atom is 0.251 e. The van der Waals surface area contributed by atoms with Crippen molar-refractivity contribution in [1.29, 1.82) is 0 Å². The van der Waals surface area contributed by atoms with Crippen LogP contribution in [-0.4, -0.2) is 23.2 Å². The van der Waals surface area contributed by atoms with E-state index >= 15 is 0 Å². The highest BCUT2D eigenvalue weighted by Gasteiger charge is 2.15. The summed E-state index contributed by atoms with van der Waals surface area (Å²) in [5.74, 6) is -0.166. The van der Waals surface area contributed by atoms with Gasteiger partial charge in [-0.15, -0.1) is 0 Å². The fourth-order valence-electron chi connectivity index (χ4n) is 1.23. The van der Waals surface area contributed by atoms with Crippen molar-refractivity contribution in [2.24, 2.45) is 0 Å². The maximum absolute atomic E-state index is 11.8. The predicted octanol–water partition coefficient (Wildman–Crippen LogP) is 2.26. The van der Waals surface area contributed by atoms with Crippen molar-refractivity contribution < 1.29 is 9.90 Å². The zero-order valence-corrected chi connectivity index (χ0v) is 11.3. The average Bonchev–Trinajstić information content (AvgIpc) is 2.17. The monoisotopic (exact) mass is 285 g/mol. The van der Waals surface area contributed by atoms with E-state index < -0.39 is 5.60 Å². The summed E-state index contributed by atoms with van der Waals surface area (Å²) < 4.78 is 0.867. The summed E-state index contributed by atoms with van der Waals surface area (Å²) in [6, 6.07) is 5.54. The lowest BCUT2D eigenvalue weighted by atomic mass is 10.1. The van der Waals surface area contributed by atoms with Crippen LogP contribution < -0.4 is 5.32 Å². The molecule has 0 heterocycles. The van der Waals surface area contributed by atoms with Gasteiger partial charge >= 0.3 is 0 Å². The van der Waals surface area contributed by atoms with Crippen molar-refractivity contribution in [2.75, 3.05) is 6.54 Å². The molecule has 0 saturated heterocycles. The number of hydrogen-bond acceptors (Lipinski definition) is 2. The quantitative estimate of drug-likeness (QED) is 0.895. The van der Waals surface area contributed by atoms with E-state index in [0.717, 1.165) is 10.0 Å². The largest absolute Gasteiger partial charge is 0.389 e. The van der Waals surface area contributed by atoms with Crippen molar-refractivity contribution in [1.82, 2.24) is 5.32 Å². The highest BCUT2D eigenvalue weighted by molar-refractivity contribution is 9.10. The SMILES string of the molecule is Cc1ccc(Br)cc1C(=O)NCC(C)(C)O. The minimum Gasteiger partial charge on any atom is -0.389 e. The Bertz CT molecular complexity index is 396. The zero-order chi connectivity index (χ0) is 12.3. The molecule has 0 saturated carbocycles. The number of aryl methyl sites for hydroxylation is 1. The first-order chi connectivity index (χ1) is 7.29. The van der Waals surface area contributed by atoms with Crippen LogP contribution in [-0.2, 0) is 0 Å². The van der Waals surface area contributed by atoms with E-state index in [4.69, 9.17) is 0 Å². The third kappa shape index (κ3) is 3.94. The van der Waals surface area contributed by atoms with Crippen LogP contribution in [0.2, 0.25) is 0 Å². The van der Waals surface area contributed by atoms with Gasteiger partial charge in [-0.05, 0) is 38.5 Å². The highest BCUT2D eigenvalue weighted by Crippen LogP contribution is 2.16. The highest BCUT2D eigenvalue weighted by atomic mass is 79.9. The summed E-state index contributed by atoms with van der Waals surface area (Å²) in [6.07, 6.45) is 0. The van der Waals surface area contributed by atoms with Gasteiger partial charge in [0.25, 0.3) is 5.91 Å². The van der Waals surface area contributed by atoms with Crippen LogP contribution in [0.4, 0.5) is 0 Å². The van der Waals surface area contributed by atoms with Gasteiger partial charge in [0.2, 0.25) is 0 Å². The Morgan fingerprint density at radius 2 is 2.12 bits per heavy atom. The Morgan fingerprint density at radius 1 is 1.50 bits per heavy atom. The molecule has 0 aliphatic heterocycles. The molecule has 88 valence electrons. The second-order valence-corrected chi connectivity index (χ2v) is 5.37. The molecule has 3 nitrogen and oxygen atoms in total. The van der Waals surface area contributed by atoms with E-state index in [0.29, 0.717) is 5.56 Å². The van der Waals surface area contributed by atoms with E-state index in [9.17, 15) is 9.90 Å². The fraction of sp³-hybridized carbons (Fsp3) is 0.417. The first-order valence-electron chi connectivity index (χ1n) is 5.06. The number of rotatable bonds is 3. The second kappa shape index (κ2) is 4.97. The molecule has 0 aliphatic carbocycles. The molecule has 2 N–H and O–H groups in total. The van der Waals surface area contributed by atoms with Crippen LogP contribution >= 0.6 is 15.9 Å². The molecule has 0 unspecified atom stereocenters. The summed E-state index contributed by atoms with van der Waals surface area (Å²) in [4.78, 5) is 11.8. The van der Waals surface area contributed by atoms with Crippen LogP contribution in [0.1, 0.15) is 29.8 Å². The van der Waals surface area contributed by atoms with Gasteiger partial charge < -0.3 is 10.4 Å². The number of aliphatic hydroxyl groups is 1. The lowest BCUT2D eigenvalue weighted by molar-refractivity contribution is 0.0694. The number of benzene rings is 1. The van der Waals surface area contributed by atoms with Gasteiger partial charge in [-0.1, -0.05) is 22.0 Å². The minimum absolute atomic E-state index is 0.166. The number of halogens is 1. The number of hydrogen-bond donors (Lipinski definition) is 2. The zero-order valence-electron chi connectivity index (χ0n) is 9.67. The van der Waals surface area contributed by atoms with Crippen LogP contribution in [0.3, 0.4) is 0 Å². The number of nitrogens with one attached hydrogen (secondary N) is 1. The van der Waals surface area contributed by atoms with Gasteiger partial charge in [0.05, 0.1) is 5.60 Å². The molecule has 0 aromatic heterocycles. The lowest BCUT2D eigenvalue weighted by Crippen LogP contribution is -2.38. The molecule has 1 aromatic carbocycles. The predicted molar refractivity (Wildman–Crippen MR) is 67.5 cm³/mol. The molecule has 0 aliphatic rings. The van der Waals surface area contributed by atoms with Crippen molar-refractivity contribution in [3.05, 3.63) is 33.8 Å². The maximum atomic E-state index is 11.8. The van der Waals surface area contributed by atoms with E-state index in [1.54, 1.807) is 19.9 Å². The number of carbonyl (C=O) groups is 1. The molecule has 1 aromatic rings. The summed E-state index contributed by atoms with van der Waals surface area (Å²) >= 11 is 3.33. The van der Waals surface area contributed by atoms with Gasteiger partial charge in [0.15, 0.2) is 0 Å². The molecule has 1 rings (SSSR count). The van der Waals surface area contributed by atoms with E-state index in [1.165, 1.54) is 0 Å². The third-order valence-electron chi connectivity index (χ3n) is 2.13. The first kappa shape index (κ1) is 13.2. The van der Waals surface area contributed by atoms with Crippen LogP contribution in [0, 0.1) is 6.92 Å². The summed E-state index contributed by atoms with van der Waals surface area (Å²) in [5.41, 5.74) is 0.644. The minimum atomic E-state index is -0.893. The Hall–Kier alpha value is -0.870. The molecule has 0 fully saturated rings. The molecular weight excluding hydrogens is 270 g/mol. The van der Waals surface area contributed by atoms with Crippen molar-refractivity contribution in [2.45, 2.75) is 26.4 Å². The van der Waals surface area contributed by atoms with E-state index in [-0.39, 0.29) is 12.5 Å². The molecule has 0 atom stereocenters. The first-order valence-corrected chi connectivity index (χ1v) is 5.85. The van der Waals surface area contributed by atoms with E-state index in [1.807, 2.05) is 19.1 Å². The smallest absolute Gasteiger partial charge is 0.251 e. The number of amides is 1. The summed E-state index contributed by atoms with van der Waals surface area (Å²) in [5, 5.41) is 12.2. The molecule has 1 amide bonds. The Labute approximate surface area is 104 Å². The Kier molecular flexibility index (Phi) is 4.10. The van der Waals surface area contributed by atoms with Gasteiger partial charge in [0.1, 0.15) is 0 Å². The fourth-order valence-corrected chi connectivity index (χ4v) is 1.59. The van der Waals surface area contributed by atoms with Crippen molar-refractivity contribution in [3.8, 4) is 0 Å². The molecule has 0 radical (unpaired) electrons. The molecule has 0 spiro atoms. The topological polar surface area (TPSA) is 49.3 Å². The normalized spacial score (nSPS) is 11.3. The molecular formula is C12H16BrNO2. The standard InChI is InChI=1S/C12H16BrNO2/c1-8-4-5-9(13)6-10(8)11(15)14-7-12(2,3)16/h4-6,16H,7H2,1-3H3,(H,14,15). The van der Waals surface area contributed by atoms with Crippen LogP contribution in [0.25, 0.3) is 0 Å². The molecule has 16 heavy (non-hydrogen) atoms. The van der Waals surface area contributed by atoms with Gasteiger partial charge in [-0.2, -0.15) is 0 Å². The molecule has 0 bridgehead atoms.